The predicted octanol–water partition coefficient (Wildman–Crippen LogP) is 18.1. The van der Waals surface area contributed by atoms with E-state index in [1.807, 2.05) is 72.8 Å². The van der Waals surface area contributed by atoms with Crippen molar-refractivity contribution in [1.82, 2.24) is 39.9 Å². The Morgan fingerprint density at radius 3 is 0.710 bits per heavy atom. The molecule has 0 fully saturated rings. The van der Waals surface area contributed by atoms with Crippen molar-refractivity contribution < 1.29 is 37.9 Å². The maximum Gasteiger partial charge on any atom is 0.168 e. The molecule has 0 aliphatic carbocycles. The molecule has 10 N–H and O–H groups in total. The molecule has 13 rings (SSSR count). The zero-order valence-corrected chi connectivity index (χ0v) is 60.5. The van der Waals surface area contributed by atoms with E-state index in [-0.39, 0.29) is 70.6 Å². The molecular formula is C80H94N12O8. The van der Waals surface area contributed by atoms with E-state index in [4.69, 9.17) is 90.7 Å². The van der Waals surface area contributed by atoms with Crippen LogP contribution in [0.2, 0.25) is 0 Å². The number of aromatic amines is 2. The van der Waals surface area contributed by atoms with Gasteiger partial charge in [-0.2, -0.15) is 0 Å². The van der Waals surface area contributed by atoms with Gasteiger partial charge in [-0.05, 0) is 71.6 Å². The van der Waals surface area contributed by atoms with E-state index >= 15 is 0 Å². The second-order valence-corrected chi connectivity index (χ2v) is 30.0. The zero-order chi connectivity index (χ0) is 70.9. The molecular weight excluding hydrogens is 1260 g/mol. The number of ether oxygens (including phenoxy) is 8. The lowest BCUT2D eigenvalue weighted by Gasteiger charge is -2.21. The standard InChI is InChI=1S/C80H94N12O8/c1-37(2)29-93-65-45-21-17-25-49(81)53(45)69(97-33-41(9)10)61-57(65)73-85-77(61)90-74-59-63(71(99-35-43(13)14)55-47(23-19-27-51(55)83)67(59)95-31-39(5)6)79(87-74)92-76-60-64(72(100-36-44(15)16)56-48(24-20-28-52(56)84)68(60)96-32-40(7)8)80(88-76)91-75-58-62(78(86-75)89-73)70(98-34-42(11)12)54-46(22-18-26-50(54)82)66(58)94-30-38(3)4/h17-28,37-44H,29-36,81-84H2,1-16H3,(H2,85,86,87,88,89,90,91,92). The minimum absolute atomic E-state index is 0.0767. The molecule has 0 atom stereocenters. The van der Waals surface area contributed by atoms with Gasteiger partial charge in [-0.1, -0.05) is 159 Å². The fourth-order valence-electron chi connectivity index (χ4n) is 12.9. The summed E-state index contributed by atoms with van der Waals surface area (Å²) < 4.78 is 57.3. The van der Waals surface area contributed by atoms with Gasteiger partial charge >= 0.3 is 0 Å². The van der Waals surface area contributed by atoms with Crippen LogP contribution < -0.4 is 60.8 Å². The van der Waals surface area contributed by atoms with Gasteiger partial charge in [-0.25, -0.2) is 29.9 Å². The molecule has 3 aromatic heterocycles. The number of aromatic nitrogens is 8. The van der Waals surface area contributed by atoms with Crippen molar-refractivity contribution in [3.8, 4) is 91.5 Å². The molecule has 0 radical (unpaired) electrons. The molecule has 2 aliphatic rings. The van der Waals surface area contributed by atoms with Crippen LogP contribution in [0.4, 0.5) is 22.7 Å². The van der Waals surface area contributed by atoms with Gasteiger partial charge in [0.1, 0.15) is 68.6 Å². The summed E-state index contributed by atoms with van der Waals surface area (Å²) in [5, 5.41) is 7.45. The van der Waals surface area contributed by atoms with E-state index in [1.165, 1.54) is 0 Å². The number of anilines is 4. The van der Waals surface area contributed by atoms with E-state index in [2.05, 4.69) is 121 Å². The fraction of sp³-hybridized carbons (Fsp3) is 0.400. The average molecular weight is 1350 g/mol. The van der Waals surface area contributed by atoms with Crippen LogP contribution in [0.5, 0.6) is 46.0 Å². The third-order valence-electron chi connectivity index (χ3n) is 17.2. The molecule has 20 nitrogen and oxygen atoms in total. The van der Waals surface area contributed by atoms with Crippen molar-refractivity contribution in [3.05, 3.63) is 72.8 Å². The van der Waals surface area contributed by atoms with Crippen LogP contribution in [-0.2, 0) is 0 Å². The quantitative estimate of drug-likeness (QED) is 0.0307. The monoisotopic (exact) mass is 1350 g/mol. The molecule has 0 amide bonds. The van der Waals surface area contributed by atoms with Crippen LogP contribution in [0.15, 0.2) is 72.8 Å². The van der Waals surface area contributed by atoms with E-state index in [0.29, 0.717) is 231 Å². The predicted molar refractivity (Wildman–Crippen MR) is 406 cm³/mol. The number of benzene rings is 8. The first-order valence-electron chi connectivity index (χ1n) is 35.3. The SMILES string of the molecule is CC(C)COc1c2c(c(OCC(C)C)c3c(N)cccc13)-c1nc-2nc2[nH]c(nc3nc(nc4[nH]c(n1)c1c(OCC(C)C)c5cccc(N)c5c(OCC(C)C)c41)-c1c-3c(OCC(C)C)c3c(N)cccc3c1OCC(C)C)c1c(OCC(C)C)c3cccc(N)c3c(OCC(C)C)c21. The van der Waals surface area contributed by atoms with Crippen molar-refractivity contribution in [1.29, 1.82) is 0 Å². The number of nitrogens with zero attached hydrogens (tertiary/aromatic N) is 6. The van der Waals surface area contributed by atoms with Gasteiger partial charge in [0.2, 0.25) is 0 Å². The molecule has 0 unspecified atom stereocenters. The lowest BCUT2D eigenvalue weighted by atomic mass is 9.96. The van der Waals surface area contributed by atoms with Crippen LogP contribution in [0.25, 0.3) is 133 Å². The number of rotatable bonds is 24. The summed E-state index contributed by atoms with van der Waals surface area (Å²) in [7, 11) is 0. The highest BCUT2D eigenvalue weighted by Gasteiger charge is 2.37. The van der Waals surface area contributed by atoms with Gasteiger partial charge in [0.15, 0.2) is 23.3 Å². The normalized spacial score (nSPS) is 12.4. The molecule has 0 saturated heterocycles. The van der Waals surface area contributed by atoms with E-state index in [1.54, 1.807) is 0 Å². The Kier molecular flexibility index (Phi) is 18.8. The topological polar surface area (TPSA) is 287 Å². The number of hydrogen-bond donors (Lipinski definition) is 6. The molecule has 100 heavy (non-hydrogen) atoms. The third kappa shape index (κ3) is 12.5. The van der Waals surface area contributed by atoms with E-state index < -0.39 is 0 Å². The number of hydrogen-bond acceptors (Lipinski definition) is 18. The first kappa shape index (κ1) is 68.3. The Balaban J connectivity index is 1.37. The Labute approximate surface area is 583 Å². The highest BCUT2D eigenvalue weighted by Crippen LogP contribution is 2.58. The highest BCUT2D eigenvalue weighted by molar-refractivity contribution is 6.25. The number of H-pyrrole nitrogens is 2. The summed E-state index contributed by atoms with van der Waals surface area (Å²) in [6.45, 7) is 36.2. The van der Waals surface area contributed by atoms with Gasteiger partial charge in [-0.15, -0.1) is 0 Å². The first-order valence-corrected chi connectivity index (χ1v) is 35.3. The summed E-state index contributed by atoms with van der Waals surface area (Å²) in [6, 6.07) is 23.2. The number of nitrogens with one attached hydrogen (secondary N) is 2. The molecule has 8 aromatic carbocycles. The van der Waals surface area contributed by atoms with E-state index in [0.717, 1.165) is 0 Å². The maximum atomic E-state index is 7.23. The first-order chi connectivity index (χ1) is 47.9. The minimum atomic E-state index is 0.0767. The van der Waals surface area contributed by atoms with Crippen LogP contribution in [0.3, 0.4) is 0 Å². The van der Waals surface area contributed by atoms with Crippen molar-refractivity contribution >= 4 is 110 Å². The summed E-state index contributed by atoms with van der Waals surface area (Å²) in [5.74, 6) is 5.31. The summed E-state index contributed by atoms with van der Waals surface area (Å²) in [6.07, 6.45) is 0. The van der Waals surface area contributed by atoms with Gasteiger partial charge in [-0.3, -0.25) is 0 Å². The lowest BCUT2D eigenvalue weighted by molar-refractivity contribution is 0.270. The van der Waals surface area contributed by atoms with Gasteiger partial charge < -0.3 is 70.8 Å². The Morgan fingerprint density at radius 2 is 0.450 bits per heavy atom. The smallest absolute Gasteiger partial charge is 0.168 e. The number of nitrogen functional groups attached to an aromatic ring is 4. The van der Waals surface area contributed by atoms with E-state index in [9.17, 15) is 0 Å². The van der Waals surface area contributed by atoms with Crippen molar-refractivity contribution in [3.63, 3.8) is 0 Å². The average Bonchev–Trinajstić information content (AvgIpc) is 1.54. The molecule has 20 heteroatoms. The van der Waals surface area contributed by atoms with Crippen molar-refractivity contribution in [2.45, 2.75) is 111 Å². The molecule has 0 spiro atoms. The molecule has 2 aliphatic heterocycles. The summed E-state index contributed by atoms with van der Waals surface area (Å²) in [5.41, 5.74) is 34.0. The van der Waals surface area contributed by atoms with Gasteiger partial charge in [0.05, 0.1) is 118 Å². The van der Waals surface area contributed by atoms with Crippen LogP contribution in [0, 0.1) is 47.3 Å². The van der Waals surface area contributed by atoms with Crippen LogP contribution in [0.1, 0.15) is 111 Å². The zero-order valence-electron chi connectivity index (χ0n) is 60.5. The summed E-state index contributed by atoms with van der Waals surface area (Å²) in [4.78, 5) is 42.2. The van der Waals surface area contributed by atoms with Crippen molar-refractivity contribution in [2.24, 2.45) is 47.3 Å². The molecule has 11 aromatic rings. The van der Waals surface area contributed by atoms with Crippen LogP contribution in [-0.4, -0.2) is 92.7 Å². The third-order valence-corrected chi connectivity index (χ3v) is 17.2. The minimum Gasteiger partial charge on any atom is -0.492 e. The Morgan fingerprint density at radius 1 is 0.250 bits per heavy atom. The summed E-state index contributed by atoms with van der Waals surface area (Å²) >= 11 is 0. The van der Waals surface area contributed by atoms with Crippen LogP contribution >= 0.6 is 0 Å². The Bertz CT molecular complexity index is 4890. The molecule has 0 saturated carbocycles. The second kappa shape index (κ2) is 27.5. The van der Waals surface area contributed by atoms with Crippen molar-refractivity contribution in [2.75, 3.05) is 75.8 Å². The van der Waals surface area contributed by atoms with Gasteiger partial charge in [0, 0.05) is 44.3 Å². The highest BCUT2D eigenvalue weighted by atomic mass is 16.5. The molecule has 8 bridgehead atoms. The second-order valence-electron chi connectivity index (χ2n) is 30.0. The molecule has 522 valence electrons. The fourth-order valence-corrected chi connectivity index (χ4v) is 12.9. The van der Waals surface area contributed by atoms with Gasteiger partial charge in [0.25, 0.3) is 0 Å². The maximum absolute atomic E-state index is 7.23. The number of nitrogens with two attached hydrogens (primary N) is 4. The molecule has 5 heterocycles. The number of fused-ring (bicyclic) bond motifs is 24. The Hall–Kier alpha value is -10.2. The lowest BCUT2D eigenvalue weighted by Crippen LogP contribution is -2.09. The largest absolute Gasteiger partial charge is 0.492 e.